The van der Waals surface area contributed by atoms with E-state index in [1.165, 1.54) is 0 Å². The maximum absolute atomic E-state index is 6.49. The molecule has 144 valence electrons. The quantitative estimate of drug-likeness (QED) is 0.480. The Morgan fingerprint density at radius 2 is 1.67 bits per heavy atom. The zero-order chi connectivity index (χ0) is 19.9. The van der Waals surface area contributed by atoms with E-state index in [0.29, 0.717) is 0 Å². The standard InChI is InChI=1S/C23H30O3Si/c1-23(26-27(4,5)6,16-14-19-10-8-7-9-11-19)17-15-20-18-21(24-2)12-13-22(20)25-3/h7-13,18H,15,17H2,1-6H3. The summed E-state index contributed by atoms with van der Waals surface area (Å²) in [5, 5.41) is 0. The van der Waals surface area contributed by atoms with Crippen molar-refractivity contribution in [3.8, 4) is 23.3 Å². The molecule has 0 saturated carbocycles. The summed E-state index contributed by atoms with van der Waals surface area (Å²) >= 11 is 0. The van der Waals surface area contributed by atoms with E-state index in [2.05, 4.69) is 38.4 Å². The molecule has 27 heavy (non-hydrogen) atoms. The molecule has 0 aliphatic heterocycles. The van der Waals surface area contributed by atoms with Gasteiger partial charge < -0.3 is 13.9 Å². The van der Waals surface area contributed by atoms with Gasteiger partial charge in [0.25, 0.3) is 0 Å². The molecule has 2 rings (SSSR count). The molecule has 0 N–H and O–H groups in total. The van der Waals surface area contributed by atoms with Crippen molar-refractivity contribution in [2.75, 3.05) is 14.2 Å². The van der Waals surface area contributed by atoms with E-state index < -0.39 is 13.9 Å². The Kier molecular flexibility index (Phi) is 7.12. The lowest BCUT2D eigenvalue weighted by Gasteiger charge is -2.32. The van der Waals surface area contributed by atoms with Crippen LogP contribution >= 0.6 is 0 Å². The molecule has 0 saturated heterocycles. The first-order valence-corrected chi connectivity index (χ1v) is 12.6. The highest BCUT2D eigenvalue weighted by atomic mass is 28.4. The minimum absolute atomic E-state index is 0.519. The third-order valence-electron chi connectivity index (χ3n) is 4.14. The van der Waals surface area contributed by atoms with Crippen LogP contribution in [-0.2, 0) is 10.8 Å². The van der Waals surface area contributed by atoms with Gasteiger partial charge in [-0.3, -0.25) is 0 Å². The Morgan fingerprint density at radius 3 is 2.26 bits per heavy atom. The highest BCUT2D eigenvalue weighted by Crippen LogP contribution is 2.29. The lowest BCUT2D eigenvalue weighted by molar-refractivity contribution is 0.132. The Hall–Kier alpha value is -2.22. The van der Waals surface area contributed by atoms with E-state index in [1.54, 1.807) is 14.2 Å². The van der Waals surface area contributed by atoms with Crippen molar-refractivity contribution in [1.82, 2.24) is 0 Å². The number of aryl methyl sites for hydroxylation is 1. The smallest absolute Gasteiger partial charge is 0.185 e. The Labute approximate surface area is 164 Å². The van der Waals surface area contributed by atoms with Crippen LogP contribution in [0.5, 0.6) is 11.5 Å². The number of ether oxygens (including phenoxy) is 2. The number of rotatable bonds is 7. The minimum atomic E-state index is -1.77. The fraction of sp³-hybridized carbons (Fsp3) is 0.391. The first kappa shape index (κ1) is 21.1. The molecule has 1 unspecified atom stereocenters. The van der Waals surface area contributed by atoms with Crippen molar-refractivity contribution in [1.29, 1.82) is 0 Å². The largest absolute Gasteiger partial charge is 0.497 e. The predicted molar refractivity (Wildman–Crippen MR) is 114 cm³/mol. The van der Waals surface area contributed by atoms with Gasteiger partial charge in [-0.05, 0) is 75.3 Å². The van der Waals surface area contributed by atoms with Crippen LogP contribution in [0.3, 0.4) is 0 Å². The molecule has 0 aliphatic rings. The van der Waals surface area contributed by atoms with Gasteiger partial charge in [0.15, 0.2) is 8.32 Å². The van der Waals surface area contributed by atoms with Gasteiger partial charge in [0.1, 0.15) is 17.1 Å². The van der Waals surface area contributed by atoms with Crippen molar-refractivity contribution < 1.29 is 13.9 Å². The van der Waals surface area contributed by atoms with Crippen molar-refractivity contribution in [2.45, 2.75) is 45.0 Å². The highest BCUT2D eigenvalue weighted by Gasteiger charge is 2.30. The SMILES string of the molecule is COc1ccc(OC)c(CCC(C)(C#Cc2ccccc2)O[Si](C)(C)C)c1. The van der Waals surface area contributed by atoms with Gasteiger partial charge in [0, 0.05) is 5.56 Å². The number of methoxy groups -OCH3 is 2. The van der Waals surface area contributed by atoms with E-state index in [1.807, 2.05) is 48.5 Å². The average molecular weight is 383 g/mol. The van der Waals surface area contributed by atoms with Crippen LogP contribution in [0.1, 0.15) is 24.5 Å². The lowest BCUT2D eigenvalue weighted by atomic mass is 9.96. The third kappa shape index (κ3) is 6.78. The zero-order valence-corrected chi connectivity index (χ0v) is 18.3. The molecule has 0 bridgehead atoms. The molecule has 1 atom stereocenters. The normalized spacial score (nSPS) is 13.3. The van der Waals surface area contributed by atoms with E-state index in [4.69, 9.17) is 13.9 Å². The molecule has 0 heterocycles. The van der Waals surface area contributed by atoms with Crippen LogP contribution < -0.4 is 9.47 Å². The van der Waals surface area contributed by atoms with E-state index in [9.17, 15) is 0 Å². The zero-order valence-electron chi connectivity index (χ0n) is 17.3. The molecule has 0 aliphatic carbocycles. The monoisotopic (exact) mass is 382 g/mol. The fourth-order valence-electron chi connectivity index (χ4n) is 2.99. The second kappa shape index (κ2) is 9.12. The summed E-state index contributed by atoms with van der Waals surface area (Å²) in [6, 6.07) is 15.9. The van der Waals surface area contributed by atoms with E-state index >= 15 is 0 Å². The summed E-state index contributed by atoms with van der Waals surface area (Å²) in [6.07, 6.45) is 1.57. The Morgan fingerprint density at radius 1 is 0.963 bits per heavy atom. The van der Waals surface area contributed by atoms with Gasteiger partial charge in [0.05, 0.1) is 14.2 Å². The number of benzene rings is 2. The topological polar surface area (TPSA) is 27.7 Å². The van der Waals surface area contributed by atoms with E-state index in [-0.39, 0.29) is 0 Å². The summed E-state index contributed by atoms with van der Waals surface area (Å²) in [6.45, 7) is 8.68. The first-order valence-electron chi connectivity index (χ1n) is 9.24. The van der Waals surface area contributed by atoms with Crippen molar-refractivity contribution >= 4 is 8.32 Å². The van der Waals surface area contributed by atoms with Crippen LogP contribution in [0.2, 0.25) is 19.6 Å². The van der Waals surface area contributed by atoms with Gasteiger partial charge in [-0.1, -0.05) is 30.0 Å². The maximum atomic E-state index is 6.49. The van der Waals surface area contributed by atoms with Crippen LogP contribution in [0.15, 0.2) is 48.5 Å². The summed E-state index contributed by atoms with van der Waals surface area (Å²) in [5.74, 6) is 8.37. The summed E-state index contributed by atoms with van der Waals surface area (Å²) in [4.78, 5) is 0. The molecular formula is C23H30O3Si. The molecule has 3 nitrogen and oxygen atoms in total. The van der Waals surface area contributed by atoms with Gasteiger partial charge in [-0.15, -0.1) is 0 Å². The van der Waals surface area contributed by atoms with Gasteiger partial charge >= 0.3 is 0 Å². The highest BCUT2D eigenvalue weighted by molar-refractivity contribution is 6.69. The number of hydrogen-bond donors (Lipinski definition) is 0. The van der Waals surface area contributed by atoms with Crippen LogP contribution in [0.4, 0.5) is 0 Å². The van der Waals surface area contributed by atoms with Gasteiger partial charge in [0.2, 0.25) is 0 Å². The first-order chi connectivity index (χ1) is 12.7. The summed E-state index contributed by atoms with van der Waals surface area (Å²) < 4.78 is 17.4. The summed E-state index contributed by atoms with van der Waals surface area (Å²) in [7, 11) is 1.60. The maximum Gasteiger partial charge on any atom is 0.185 e. The van der Waals surface area contributed by atoms with Gasteiger partial charge in [-0.25, -0.2) is 0 Å². The van der Waals surface area contributed by atoms with Gasteiger partial charge in [-0.2, -0.15) is 0 Å². The molecule has 2 aromatic rings. The molecule has 0 fully saturated rings. The molecule has 2 aromatic carbocycles. The molecule has 4 heteroatoms. The van der Waals surface area contributed by atoms with Crippen LogP contribution in [0.25, 0.3) is 0 Å². The fourth-order valence-corrected chi connectivity index (χ4v) is 4.50. The second-order valence-corrected chi connectivity index (χ2v) is 12.2. The van der Waals surface area contributed by atoms with Crippen LogP contribution in [-0.4, -0.2) is 28.1 Å². The Balaban J connectivity index is 2.26. The number of hydrogen-bond acceptors (Lipinski definition) is 3. The van der Waals surface area contributed by atoms with Crippen molar-refractivity contribution in [2.24, 2.45) is 0 Å². The van der Waals surface area contributed by atoms with E-state index in [0.717, 1.165) is 35.5 Å². The minimum Gasteiger partial charge on any atom is -0.497 e. The average Bonchev–Trinajstić information content (AvgIpc) is 2.64. The lowest BCUT2D eigenvalue weighted by Crippen LogP contribution is -2.40. The summed E-state index contributed by atoms with van der Waals surface area (Å²) in [5.41, 5.74) is 1.58. The predicted octanol–water partition coefficient (Wildman–Crippen LogP) is 5.30. The molecule has 0 radical (unpaired) electrons. The van der Waals surface area contributed by atoms with Crippen molar-refractivity contribution in [3.63, 3.8) is 0 Å². The molecule has 0 amide bonds. The van der Waals surface area contributed by atoms with Crippen molar-refractivity contribution in [3.05, 3.63) is 59.7 Å². The third-order valence-corrected chi connectivity index (χ3v) is 5.20. The second-order valence-electron chi connectivity index (χ2n) is 7.74. The molecule has 0 aromatic heterocycles. The Bertz CT molecular complexity index is 800. The molecule has 0 spiro atoms. The molecular weight excluding hydrogens is 352 g/mol. The van der Waals surface area contributed by atoms with Crippen LogP contribution in [0, 0.1) is 11.8 Å².